The van der Waals surface area contributed by atoms with E-state index < -0.39 is 7.60 Å². The highest BCUT2D eigenvalue weighted by Crippen LogP contribution is 2.49. The summed E-state index contributed by atoms with van der Waals surface area (Å²) >= 11 is 0. The van der Waals surface area contributed by atoms with Crippen LogP contribution in [0.15, 0.2) is 60.4 Å². The van der Waals surface area contributed by atoms with Crippen LogP contribution in [0, 0.1) is 0 Å². The van der Waals surface area contributed by atoms with Gasteiger partial charge in [-0.05, 0) is 36.3 Å². The number of carbonyl (C=O) groups excluding carboxylic acids is 1. The van der Waals surface area contributed by atoms with Gasteiger partial charge in [-0.25, -0.2) is 0 Å². The van der Waals surface area contributed by atoms with Gasteiger partial charge in [0.15, 0.2) is 0 Å². The minimum Gasteiger partial charge on any atom is -0.345 e. The molecule has 0 unspecified atom stereocenters. The van der Waals surface area contributed by atoms with Crippen molar-refractivity contribution in [3.63, 3.8) is 0 Å². The number of hydrogen-bond acceptors (Lipinski definition) is 4. The van der Waals surface area contributed by atoms with E-state index in [9.17, 15) is 9.36 Å². The van der Waals surface area contributed by atoms with Crippen LogP contribution in [-0.4, -0.2) is 38.1 Å². The highest BCUT2D eigenvalue weighted by atomic mass is 31.2. The Balaban J connectivity index is 2.52. The average Bonchev–Trinajstić information content (AvgIpc) is 2.65. The molecule has 6 heteroatoms. The monoisotopic (exact) mass is 387 g/mol. The number of nitrogens with zero attached hydrogens (tertiary/aromatic N) is 1. The molecule has 0 aromatic heterocycles. The van der Waals surface area contributed by atoms with Crippen molar-refractivity contribution < 1.29 is 18.4 Å². The zero-order valence-electron chi connectivity index (χ0n) is 16.2. The number of likely N-dealkylation sites (N-methyl/N-ethyl adjacent to an activating group) is 1. The minimum atomic E-state index is -3.32. The molecule has 0 N–H and O–H groups in total. The smallest absolute Gasteiger partial charge is 0.345 e. The van der Waals surface area contributed by atoms with Gasteiger partial charge >= 0.3 is 7.60 Å². The van der Waals surface area contributed by atoms with E-state index in [-0.39, 0.29) is 19.1 Å². The van der Waals surface area contributed by atoms with Crippen molar-refractivity contribution in [1.29, 1.82) is 0 Å². The highest BCUT2D eigenvalue weighted by Gasteiger charge is 2.19. The van der Waals surface area contributed by atoms with E-state index >= 15 is 0 Å². The highest BCUT2D eigenvalue weighted by molar-refractivity contribution is 7.57. The number of benzene rings is 2. The first kappa shape index (κ1) is 21.1. The second-order valence-electron chi connectivity index (χ2n) is 6.02. The lowest BCUT2D eigenvalue weighted by Gasteiger charge is -2.15. The molecule has 0 saturated heterocycles. The van der Waals surface area contributed by atoms with Gasteiger partial charge in [0.2, 0.25) is 0 Å². The van der Waals surface area contributed by atoms with Crippen LogP contribution in [0.1, 0.15) is 19.4 Å². The first-order valence-corrected chi connectivity index (χ1v) is 10.5. The normalized spacial score (nSPS) is 12.7. The summed E-state index contributed by atoms with van der Waals surface area (Å²) in [6.45, 7) is 4.06. The maximum absolute atomic E-state index is 12.8. The van der Waals surface area contributed by atoms with Gasteiger partial charge < -0.3 is 13.9 Å². The lowest BCUT2D eigenvalue weighted by atomic mass is 9.97. The molecule has 0 aliphatic heterocycles. The number of allylic oxidation sites excluding steroid dienone is 2. The summed E-state index contributed by atoms with van der Waals surface area (Å²) in [6, 6.07) is 13.7. The third-order valence-corrected chi connectivity index (χ3v) is 5.64. The summed E-state index contributed by atoms with van der Waals surface area (Å²) in [5.74, 6) is 1.26. The molecule has 0 radical (unpaired) electrons. The molecule has 0 bridgehead atoms. The SMILES string of the molecule is CCOP(=O)(/C=C/C=C(\C(=O)N(C)C)c1cccc2ccccc12)OCC. The van der Waals surface area contributed by atoms with Crippen LogP contribution in [0.3, 0.4) is 0 Å². The van der Waals surface area contributed by atoms with E-state index in [1.54, 1.807) is 40.1 Å². The summed E-state index contributed by atoms with van der Waals surface area (Å²) in [7, 11) is 0.0901. The summed E-state index contributed by atoms with van der Waals surface area (Å²) in [6.07, 6.45) is 3.24. The molecule has 0 fully saturated rings. The lowest BCUT2D eigenvalue weighted by Crippen LogP contribution is -2.22. The van der Waals surface area contributed by atoms with E-state index in [0.29, 0.717) is 5.57 Å². The fraction of sp³-hybridized carbons (Fsp3) is 0.286. The van der Waals surface area contributed by atoms with Crippen molar-refractivity contribution in [1.82, 2.24) is 4.90 Å². The second kappa shape index (κ2) is 9.65. The van der Waals surface area contributed by atoms with Crippen molar-refractivity contribution in [3.8, 4) is 0 Å². The number of hydrogen-bond donors (Lipinski definition) is 0. The standard InChI is InChI=1S/C21H26NO4P/c1-5-25-27(24,26-6-2)16-10-15-20(21(23)22(3)4)19-14-9-12-17-11-7-8-13-18(17)19/h7-16H,5-6H2,1-4H3/b16-10+,20-15-. The van der Waals surface area contributed by atoms with Gasteiger partial charge in [0.05, 0.1) is 13.2 Å². The molecule has 0 saturated carbocycles. The largest absolute Gasteiger partial charge is 0.354 e. The van der Waals surface area contributed by atoms with Crippen LogP contribution >= 0.6 is 7.60 Å². The maximum atomic E-state index is 12.8. The molecule has 0 aliphatic rings. The fourth-order valence-electron chi connectivity index (χ4n) is 2.71. The van der Waals surface area contributed by atoms with Crippen LogP contribution < -0.4 is 0 Å². The van der Waals surface area contributed by atoms with Gasteiger partial charge in [0.1, 0.15) is 0 Å². The first-order valence-electron chi connectivity index (χ1n) is 8.90. The van der Waals surface area contributed by atoms with E-state index in [1.807, 2.05) is 42.5 Å². The summed E-state index contributed by atoms with van der Waals surface area (Å²) in [5.41, 5.74) is 1.33. The van der Waals surface area contributed by atoms with Crippen molar-refractivity contribution in [2.75, 3.05) is 27.3 Å². The van der Waals surface area contributed by atoms with Crippen LogP contribution in [0.2, 0.25) is 0 Å². The molecule has 2 rings (SSSR count). The Morgan fingerprint density at radius 1 is 1.04 bits per heavy atom. The van der Waals surface area contributed by atoms with E-state index in [2.05, 4.69) is 0 Å². The zero-order valence-corrected chi connectivity index (χ0v) is 17.1. The Bertz CT molecular complexity index is 887. The number of fused-ring (bicyclic) bond motifs is 1. The maximum Gasteiger partial charge on any atom is 0.354 e. The molecule has 0 spiro atoms. The van der Waals surface area contributed by atoms with Crippen LogP contribution in [0.4, 0.5) is 0 Å². The van der Waals surface area contributed by atoms with Crippen molar-refractivity contribution in [2.24, 2.45) is 0 Å². The summed E-state index contributed by atoms with van der Waals surface area (Å²) in [4.78, 5) is 14.3. The quantitative estimate of drug-likeness (QED) is 0.360. The van der Waals surface area contributed by atoms with Gasteiger partial charge in [0, 0.05) is 25.5 Å². The number of carbonyl (C=O) groups is 1. The molecule has 1 amide bonds. The molecule has 2 aromatic rings. The summed E-state index contributed by atoms with van der Waals surface area (Å²) in [5, 5.41) is 2.03. The summed E-state index contributed by atoms with van der Waals surface area (Å²) < 4.78 is 23.1. The van der Waals surface area contributed by atoms with Crippen molar-refractivity contribution >= 4 is 29.8 Å². The predicted molar refractivity (Wildman–Crippen MR) is 111 cm³/mol. The third kappa shape index (κ3) is 5.39. The van der Waals surface area contributed by atoms with Crippen molar-refractivity contribution in [3.05, 3.63) is 66.0 Å². The van der Waals surface area contributed by atoms with Crippen LogP contribution in [0.25, 0.3) is 16.3 Å². The molecule has 2 aromatic carbocycles. The van der Waals surface area contributed by atoms with Crippen molar-refractivity contribution in [2.45, 2.75) is 13.8 Å². The van der Waals surface area contributed by atoms with Gasteiger partial charge in [-0.1, -0.05) is 48.5 Å². The van der Waals surface area contributed by atoms with Gasteiger partial charge in [0.25, 0.3) is 5.91 Å². The van der Waals surface area contributed by atoms with Crippen LogP contribution in [0.5, 0.6) is 0 Å². The molecule has 27 heavy (non-hydrogen) atoms. The molecular formula is C21H26NO4P. The minimum absolute atomic E-state index is 0.140. The van der Waals surface area contributed by atoms with E-state index in [0.717, 1.165) is 16.3 Å². The van der Waals surface area contributed by atoms with E-state index in [4.69, 9.17) is 9.05 Å². The van der Waals surface area contributed by atoms with Gasteiger partial charge in [-0.2, -0.15) is 0 Å². The molecule has 0 atom stereocenters. The Hall–Kier alpha value is -2.20. The average molecular weight is 387 g/mol. The molecule has 0 heterocycles. The Morgan fingerprint density at radius 2 is 1.67 bits per heavy atom. The fourth-order valence-corrected chi connectivity index (χ4v) is 3.97. The Morgan fingerprint density at radius 3 is 2.30 bits per heavy atom. The number of rotatable bonds is 8. The second-order valence-corrected chi connectivity index (χ2v) is 7.92. The van der Waals surface area contributed by atoms with Crippen LogP contribution in [-0.2, 0) is 18.4 Å². The Kier molecular flexibility index (Phi) is 7.55. The third-order valence-electron chi connectivity index (χ3n) is 3.87. The van der Waals surface area contributed by atoms with Gasteiger partial charge in [-0.3, -0.25) is 9.36 Å². The molecular weight excluding hydrogens is 361 g/mol. The first-order chi connectivity index (χ1) is 12.9. The molecule has 0 aliphatic carbocycles. The number of amides is 1. The Labute approximate surface area is 160 Å². The predicted octanol–water partition coefficient (Wildman–Crippen LogP) is 5.09. The topological polar surface area (TPSA) is 55.8 Å². The van der Waals surface area contributed by atoms with Gasteiger partial charge in [-0.15, -0.1) is 0 Å². The molecule has 144 valence electrons. The van der Waals surface area contributed by atoms with E-state index in [1.165, 1.54) is 10.7 Å². The molecule has 5 nitrogen and oxygen atoms in total. The zero-order chi connectivity index (χ0) is 19.9. The lowest BCUT2D eigenvalue weighted by molar-refractivity contribution is -0.122.